The van der Waals surface area contributed by atoms with Gasteiger partial charge < -0.3 is 4.74 Å². The maximum atomic E-state index is 13.1. The molecule has 3 aromatic rings. The Kier molecular flexibility index (Phi) is 2.59. The van der Waals surface area contributed by atoms with Crippen LogP contribution < -0.4 is 4.74 Å². The fourth-order valence-corrected chi connectivity index (χ4v) is 1.67. The van der Waals surface area contributed by atoms with Crippen LogP contribution in [-0.4, -0.2) is 19.7 Å². The van der Waals surface area contributed by atoms with E-state index in [0.717, 1.165) is 12.1 Å². The van der Waals surface area contributed by atoms with Gasteiger partial charge in [-0.1, -0.05) is 0 Å². The maximum absolute atomic E-state index is 13.1. The summed E-state index contributed by atoms with van der Waals surface area (Å²) in [7, 11) is 1.73. The number of ether oxygens (including phenoxy) is 1. The van der Waals surface area contributed by atoms with E-state index in [1.165, 1.54) is 12.4 Å². The van der Waals surface area contributed by atoms with Crippen LogP contribution in [0.5, 0.6) is 11.6 Å². The summed E-state index contributed by atoms with van der Waals surface area (Å²) in [6.07, 6.45) is 2.86. The predicted molar refractivity (Wildman–Crippen MR) is 62.7 cm³/mol. The molecule has 0 amide bonds. The second-order valence-corrected chi connectivity index (χ2v) is 3.86. The number of hydrogen-bond donors (Lipinski definition) is 0. The van der Waals surface area contributed by atoms with Crippen molar-refractivity contribution < 1.29 is 13.5 Å². The third-order valence-corrected chi connectivity index (χ3v) is 2.60. The van der Waals surface area contributed by atoms with Crippen LogP contribution in [0.2, 0.25) is 0 Å². The Morgan fingerprint density at radius 2 is 2.00 bits per heavy atom. The van der Waals surface area contributed by atoms with Crippen LogP contribution in [0.3, 0.4) is 0 Å². The first-order chi connectivity index (χ1) is 9.15. The predicted octanol–water partition coefficient (Wildman–Crippen LogP) is 2.43. The highest BCUT2D eigenvalue weighted by molar-refractivity contribution is 5.79. The van der Waals surface area contributed by atoms with Gasteiger partial charge in [-0.2, -0.15) is 5.10 Å². The molecule has 0 saturated carbocycles. The smallest absolute Gasteiger partial charge is 0.233 e. The number of aryl methyl sites for hydroxylation is 1. The van der Waals surface area contributed by atoms with Crippen LogP contribution in [0.4, 0.5) is 8.78 Å². The molecule has 0 aliphatic carbocycles. The van der Waals surface area contributed by atoms with Gasteiger partial charge in [-0.05, 0) is 12.1 Å². The van der Waals surface area contributed by atoms with Gasteiger partial charge in [0.15, 0.2) is 17.3 Å². The van der Waals surface area contributed by atoms with Crippen LogP contribution in [0.25, 0.3) is 11.0 Å². The Bertz CT molecular complexity index is 757. The van der Waals surface area contributed by atoms with Gasteiger partial charge in [-0.15, -0.1) is 0 Å². The normalized spacial score (nSPS) is 10.9. The summed E-state index contributed by atoms with van der Waals surface area (Å²) in [6.45, 7) is 0. The summed E-state index contributed by atoms with van der Waals surface area (Å²) >= 11 is 0. The molecule has 0 aliphatic rings. The zero-order valence-corrected chi connectivity index (χ0v) is 9.84. The lowest BCUT2D eigenvalue weighted by molar-refractivity contribution is 0.451. The first-order valence-electron chi connectivity index (χ1n) is 5.41. The highest BCUT2D eigenvalue weighted by atomic mass is 19.2. The molecule has 5 nitrogen and oxygen atoms in total. The summed E-state index contributed by atoms with van der Waals surface area (Å²) in [5, 5.41) is 4.62. The molecule has 0 aliphatic heterocycles. The van der Waals surface area contributed by atoms with Gasteiger partial charge in [-0.25, -0.2) is 18.7 Å². The highest BCUT2D eigenvalue weighted by Gasteiger charge is 2.11. The molecule has 7 heteroatoms. The van der Waals surface area contributed by atoms with Crippen molar-refractivity contribution in [3.8, 4) is 11.6 Å². The largest absolute Gasteiger partial charge is 0.438 e. The average molecular weight is 262 g/mol. The summed E-state index contributed by atoms with van der Waals surface area (Å²) in [5.74, 6) is -1.51. The molecule has 0 unspecified atom stereocenters. The second-order valence-electron chi connectivity index (χ2n) is 3.86. The first-order valence-corrected chi connectivity index (χ1v) is 5.41. The monoisotopic (exact) mass is 262 g/mol. The minimum Gasteiger partial charge on any atom is -0.438 e. The minimum absolute atomic E-state index is 0.155. The van der Waals surface area contributed by atoms with E-state index < -0.39 is 11.6 Å². The van der Waals surface area contributed by atoms with E-state index >= 15 is 0 Å². The van der Waals surface area contributed by atoms with E-state index in [4.69, 9.17) is 4.74 Å². The van der Waals surface area contributed by atoms with Crippen molar-refractivity contribution in [1.29, 1.82) is 0 Å². The van der Waals surface area contributed by atoms with E-state index in [9.17, 15) is 8.78 Å². The van der Waals surface area contributed by atoms with Crippen LogP contribution in [0.15, 0.2) is 30.7 Å². The molecule has 1 aromatic carbocycles. The Morgan fingerprint density at radius 1 is 1.16 bits per heavy atom. The van der Waals surface area contributed by atoms with Crippen LogP contribution in [0.1, 0.15) is 0 Å². The zero-order valence-electron chi connectivity index (χ0n) is 9.84. The molecule has 3 rings (SSSR count). The number of hydrogen-bond acceptors (Lipinski definition) is 4. The van der Waals surface area contributed by atoms with Crippen molar-refractivity contribution in [3.63, 3.8) is 0 Å². The van der Waals surface area contributed by atoms with Crippen molar-refractivity contribution in [2.24, 2.45) is 7.05 Å². The standard InChI is InChI=1S/C12H8F2N4O/c1-18-11-8(5-17-18)12(16-6-15-11)19-7-2-3-9(13)10(14)4-7/h2-6H,1H3. The van der Waals surface area contributed by atoms with E-state index in [1.807, 2.05) is 0 Å². The van der Waals surface area contributed by atoms with Crippen LogP contribution in [0, 0.1) is 11.6 Å². The topological polar surface area (TPSA) is 52.8 Å². The van der Waals surface area contributed by atoms with Crippen molar-refractivity contribution in [3.05, 3.63) is 42.4 Å². The lowest BCUT2D eigenvalue weighted by atomic mass is 10.3. The number of nitrogens with zero attached hydrogens (tertiary/aromatic N) is 4. The molecule has 0 saturated heterocycles. The van der Waals surface area contributed by atoms with Crippen LogP contribution >= 0.6 is 0 Å². The van der Waals surface area contributed by atoms with E-state index in [0.29, 0.717) is 11.0 Å². The fraction of sp³-hybridized carbons (Fsp3) is 0.0833. The lowest BCUT2D eigenvalue weighted by Crippen LogP contribution is -1.94. The van der Waals surface area contributed by atoms with E-state index in [2.05, 4.69) is 15.1 Å². The third-order valence-electron chi connectivity index (χ3n) is 2.60. The molecule has 96 valence electrons. The number of aromatic nitrogens is 4. The van der Waals surface area contributed by atoms with E-state index in [-0.39, 0.29) is 11.6 Å². The molecule has 0 atom stereocenters. The lowest BCUT2D eigenvalue weighted by Gasteiger charge is -2.05. The van der Waals surface area contributed by atoms with Gasteiger partial charge in [0.1, 0.15) is 17.5 Å². The van der Waals surface area contributed by atoms with Crippen molar-refractivity contribution in [2.45, 2.75) is 0 Å². The van der Waals surface area contributed by atoms with Gasteiger partial charge >= 0.3 is 0 Å². The zero-order chi connectivity index (χ0) is 13.4. The molecule has 0 bridgehead atoms. The summed E-state index contributed by atoms with van der Waals surface area (Å²) in [4.78, 5) is 8.01. The maximum Gasteiger partial charge on any atom is 0.233 e. The second kappa shape index (κ2) is 4.27. The number of fused-ring (bicyclic) bond motifs is 1. The average Bonchev–Trinajstić information content (AvgIpc) is 2.77. The molecule has 0 N–H and O–H groups in total. The molecule has 0 radical (unpaired) electrons. The summed E-state index contributed by atoms with van der Waals surface area (Å²) in [6, 6.07) is 3.27. The number of halogens is 2. The number of benzene rings is 1. The van der Waals surface area contributed by atoms with Crippen molar-refractivity contribution in [2.75, 3.05) is 0 Å². The Morgan fingerprint density at radius 3 is 2.79 bits per heavy atom. The van der Waals surface area contributed by atoms with Gasteiger partial charge in [0.2, 0.25) is 5.88 Å². The summed E-state index contributed by atoms with van der Waals surface area (Å²) < 4.78 is 32.9. The van der Waals surface area contributed by atoms with Gasteiger partial charge in [0.25, 0.3) is 0 Å². The SMILES string of the molecule is Cn1ncc2c(Oc3ccc(F)c(F)c3)ncnc21. The molecular weight excluding hydrogens is 254 g/mol. The Balaban J connectivity index is 2.03. The van der Waals surface area contributed by atoms with Crippen molar-refractivity contribution in [1.82, 2.24) is 19.7 Å². The Hall–Kier alpha value is -2.57. The highest BCUT2D eigenvalue weighted by Crippen LogP contribution is 2.26. The molecule has 2 heterocycles. The van der Waals surface area contributed by atoms with E-state index in [1.54, 1.807) is 17.9 Å². The van der Waals surface area contributed by atoms with Crippen molar-refractivity contribution >= 4 is 11.0 Å². The Labute approximate surface area is 106 Å². The van der Waals surface area contributed by atoms with Gasteiger partial charge in [0, 0.05) is 13.1 Å². The molecule has 0 fully saturated rings. The van der Waals surface area contributed by atoms with Gasteiger partial charge in [-0.3, -0.25) is 4.68 Å². The first kappa shape index (κ1) is 11.5. The quantitative estimate of drug-likeness (QED) is 0.711. The number of rotatable bonds is 2. The van der Waals surface area contributed by atoms with Crippen LogP contribution in [-0.2, 0) is 7.05 Å². The summed E-state index contributed by atoms with van der Waals surface area (Å²) in [5.41, 5.74) is 0.590. The molecular formula is C12H8F2N4O. The van der Waals surface area contributed by atoms with Gasteiger partial charge in [0.05, 0.1) is 6.20 Å². The minimum atomic E-state index is -0.978. The fourth-order valence-electron chi connectivity index (χ4n) is 1.67. The third kappa shape index (κ3) is 1.99. The molecule has 2 aromatic heterocycles. The molecule has 0 spiro atoms. The molecule has 19 heavy (non-hydrogen) atoms.